The van der Waals surface area contributed by atoms with Crippen LogP contribution in [0.5, 0.6) is 0 Å². The van der Waals surface area contributed by atoms with Crippen LogP contribution in [-0.2, 0) is 9.59 Å². The van der Waals surface area contributed by atoms with Crippen molar-refractivity contribution >= 4 is 19.7 Å². The van der Waals surface area contributed by atoms with Gasteiger partial charge in [0.2, 0.25) is 5.91 Å². The molecule has 6 heteroatoms. The third-order valence-electron chi connectivity index (χ3n) is 4.39. The summed E-state index contributed by atoms with van der Waals surface area (Å²) < 4.78 is 0. The molecule has 0 radical (unpaired) electrons. The summed E-state index contributed by atoms with van der Waals surface area (Å²) in [4.78, 5) is 24.9. The summed E-state index contributed by atoms with van der Waals surface area (Å²) in [5, 5.41) is 9.43. The van der Waals surface area contributed by atoms with E-state index in [0.29, 0.717) is 12.5 Å². The number of likely N-dealkylation sites (N-methyl/N-ethyl adjacent to an activating group) is 1. The fourth-order valence-corrected chi connectivity index (χ4v) is 3.30. The topological polar surface area (TPSA) is 83.6 Å². The lowest BCUT2D eigenvalue weighted by Gasteiger charge is -2.36. The Morgan fingerprint density at radius 1 is 1.45 bits per heavy atom. The Bertz CT molecular complexity index is 349. The Morgan fingerprint density at radius 3 is 2.60 bits per heavy atom. The first-order valence-corrected chi connectivity index (χ1v) is 7.60. The summed E-state index contributed by atoms with van der Waals surface area (Å²) in [5.74, 6) is -0.606. The zero-order chi connectivity index (χ0) is 15.3. The minimum absolute atomic E-state index is 0.0494. The van der Waals surface area contributed by atoms with E-state index in [1.165, 1.54) is 0 Å². The van der Waals surface area contributed by atoms with Crippen molar-refractivity contribution in [3.05, 3.63) is 0 Å². The first-order chi connectivity index (χ1) is 9.36. The monoisotopic (exact) mass is 282 g/mol. The van der Waals surface area contributed by atoms with Crippen LogP contribution >= 0.6 is 0 Å². The van der Waals surface area contributed by atoms with E-state index in [2.05, 4.69) is 7.85 Å². The van der Waals surface area contributed by atoms with Crippen molar-refractivity contribution < 1.29 is 14.7 Å². The average Bonchev–Trinajstić information content (AvgIpc) is 2.39. The summed E-state index contributed by atoms with van der Waals surface area (Å²) in [7, 11) is 3.85. The SMILES string of the molecule is BCC[C@@H]1CC[C@@H](CN(C)C(=O)[C@H](C)N)[C@@H](C(=O)O)C1. The van der Waals surface area contributed by atoms with Gasteiger partial charge in [0.05, 0.1) is 12.0 Å². The molecule has 1 aliphatic rings. The zero-order valence-corrected chi connectivity index (χ0v) is 12.8. The molecule has 0 spiro atoms. The Morgan fingerprint density at radius 2 is 2.10 bits per heavy atom. The highest BCUT2D eigenvalue weighted by atomic mass is 16.4. The number of aliphatic carboxylic acids is 1. The van der Waals surface area contributed by atoms with Gasteiger partial charge in [-0.05, 0) is 31.6 Å². The van der Waals surface area contributed by atoms with Gasteiger partial charge in [0.15, 0.2) is 0 Å². The minimum Gasteiger partial charge on any atom is -0.481 e. The van der Waals surface area contributed by atoms with E-state index >= 15 is 0 Å². The van der Waals surface area contributed by atoms with Crippen LogP contribution in [0.25, 0.3) is 0 Å². The Balaban J connectivity index is 2.64. The molecule has 1 saturated carbocycles. The quantitative estimate of drug-likeness (QED) is 0.689. The smallest absolute Gasteiger partial charge is 0.306 e. The largest absolute Gasteiger partial charge is 0.481 e. The Hall–Kier alpha value is -1.04. The maximum atomic E-state index is 11.8. The molecule has 0 aromatic rings. The molecule has 20 heavy (non-hydrogen) atoms. The molecule has 4 atom stereocenters. The van der Waals surface area contributed by atoms with Gasteiger partial charge in [0, 0.05) is 13.6 Å². The van der Waals surface area contributed by atoms with Crippen molar-refractivity contribution in [3.8, 4) is 0 Å². The molecule has 1 fully saturated rings. The van der Waals surface area contributed by atoms with Gasteiger partial charge in [-0.3, -0.25) is 9.59 Å². The first kappa shape index (κ1) is 17.0. The number of carbonyl (C=O) groups excluding carboxylic acids is 1. The number of nitrogens with two attached hydrogens (primary N) is 1. The molecule has 5 nitrogen and oxygen atoms in total. The second kappa shape index (κ2) is 7.67. The van der Waals surface area contributed by atoms with E-state index < -0.39 is 12.0 Å². The van der Waals surface area contributed by atoms with Gasteiger partial charge in [0.1, 0.15) is 7.85 Å². The fourth-order valence-electron chi connectivity index (χ4n) is 3.30. The van der Waals surface area contributed by atoms with Crippen molar-refractivity contribution in [1.29, 1.82) is 0 Å². The average molecular weight is 282 g/mol. The lowest BCUT2D eigenvalue weighted by Crippen LogP contribution is -2.45. The molecule has 1 rings (SSSR count). The van der Waals surface area contributed by atoms with Crippen LogP contribution in [0.3, 0.4) is 0 Å². The molecule has 0 aromatic carbocycles. The normalized spacial score (nSPS) is 27.9. The number of carboxylic acid groups (broad SMARTS) is 1. The van der Waals surface area contributed by atoms with Crippen LogP contribution in [0.1, 0.15) is 32.6 Å². The third-order valence-corrected chi connectivity index (χ3v) is 4.39. The van der Waals surface area contributed by atoms with Gasteiger partial charge in [-0.1, -0.05) is 19.2 Å². The van der Waals surface area contributed by atoms with Crippen molar-refractivity contribution in [1.82, 2.24) is 4.90 Å². The molecule has 0 unspecified atom stereocenters. The van der Waals surface area contributed by atoms with Gasteiger partial charge in [0.25, 0.3) is 0 Å². The summed E-state index contributed by atoms with van der Waals surface area (Å²) >= 11 is 0. The number of amides is 1. The van der Waals surface area contributed by atoms with Crippen LogP contribution in [0.15, 0.2) is 0 Å². The van der Waals surface area contributed by atoms with Crippen LogP contribution in [0.4, 0.5) is 0 Å². The van der Waals surface area contributed by atoms with Crippen molar-refractivity contribution in [2.75, 3.05) is 13.6 Å². The van der Waals surface area contributed by atoms with Crippen molar-refractivity contribution in [2.24, 2.45) is 23.5 Å². The van der Waals surface area contributed by atoms with E-state index in [0.717, 1.165) is 32.0 Å². The second-order valence-electron chi connectivity index (χ2n) is 6.18. The number of carboxylic acids is 1. The molecule has 0 saturated heterocycles. The number of carbonyl (C=O) groups is 2. The molecule has 114 valence electrons. The zero-order valence-electron chi connectivity index (χ0n) is 12.8. The van der Waals surface area contributed by atoms with E-state index in [1.807, 2.05) is 0 Å². The van der Waals surface area contributed by atoms with Crippen LogP contribution in [0, 0.1) is 17.8 Å². The maximum absolute atomic E-state index is 11.8. The molecule has 0 bridgehead atoms. The molecule has 0 aromatic heterocycles. The molecule has 1 aliphatic carbocycles. The molecule has 3 N–H and O–H groups in total. The number of rotatable bonds is 6. The van der Waals surface area contributed by atoms with Gasteiger partial charge < -0.3 is 15.7 Å². The highest BCUT2D eigenvalue weighted by Gasteiger charge is 2.36. The van der Waals surface area contributed by atoms with E-state index in [-0.39, 0.29) is 17.7 Å². The van der Waals surface area contributed by atoms with Crippen molar-refractivity contribution in [3.63, 3.8) is 0 Å². The second-order valence-corrected chi connectivity index (χ2v) is 6.18. The van der Waals surface area contributed by atoms with Crippen LogP contribution < -0.4 is 5.73 Å². The van der Waals surface area contributed by atoms with E-state index in [9.17, 15) is 14.7 Å². The predicted octanol–water partition coefficient (Wildman–Crippen LogP) is 0.351. The highest BCUT2D eigenvalue weighted by Crippen LogP contribution is 2.36. The Kier molecular flexibility index (Phi) is 6.53. The van der Waals surface area contributed by atoms with Gasteiger partial charge in [-0.15, -0.1) is 0 Å². The minimum atomic E-state index is -0.725. The molecule has 0 aliphatic heterocycles. The number of hydrogen-bond acceptors (Lipinski definition) is 3. The van der Waals surface area contributed by atoms with Gasteiger partial charge in [-0.2, -0.15) is 0 Å². The molecule has 0 heterocycles. The van der Waals surface area contributed by atoms with Crippen LogP contribution in [-0.4, -0.2) is 49.4 Å². The Labute approximate surface area is 122 Å². The molecular formula is C14H27BN2O3. The third kappa shape index (κ3) is 4.51. The fraction of sp³-hybridized carbons (Fsp3) is 0.857. The standard InChI is InChI=1S/C14H27BN2O3/c1-9(16)13(18)17(2)8-11-4-3-10(5-6-15)7-12(11)14(19)20/h9-12H,3-8,15-16H2,1-2H3,(H,19,20)/t9-,10-,11-,12-/m0/s1. The maximum Gasteiger partial charge on any atom is 0.306 e. The van der Waals surface area contributed by atoms with Crippen molar-refractivity contribution in [2.45, 2.75) is 45.0 Å². The predicted molar refractivity (Wildman–Crippen MR) is 81.2 cm³/mol. The lowest BCUT2D eigenvalue weighted by atomic mass is 9.71. The summed E-state index contributed by atoms with van der Waals surface area (Å²) in [6, 6.07) is -0.528. The number of nitrogens with zero attached hydrogens (tertiary/aromatic N) is 1. The van der Waals surface area contributed by atoms with E-state index in [4.69, 9.17) is 5.73 Å². The highest BCUT2D eigenvalue weighted by molar-refractivity contribution is 6.08. The van der Waals surface area contributed by atoms with Gasteiger partial charge in [-0.25, -0.2) is 0 Å². The number of hydrogen-bond donors (Lipinski definition) is 2. The summed E-state index contributed by atoms with van der Waals surface area (Å²) in [6.45, 7) is 2.15. The lowest BCUT2D eigenvalue weighted by molar-refractivity contribution is -0.147. The van der Waals surface area contributed by atoms with E-state index in [1.54, 1.807) is 18.9 Å². The molecule has 1 amide bonds. The van der Waals surface area contributed by atoms with Gasteiger partial charge >= 0.3 is 5.97 Å². The van der Waals surface area contributed by atoms with Crippen LogP contribution in [0.2, 0.25) is 6.32 Å². The summed E-state index contributed by atoms with van der Waals surface area (Å²) in [5.41, 5.74) is 5.59. The summed E-state index contributed by atoms with van der Waals surface area (Å²) in [6.07, 6.45) is 4.91. The molecular weight excluding hydrogens is 255 g/mol. The first-order valence-electron chi connectivity index (χ1n) is 7.60.